The van der Waals surface area contributed by atoms with E-state index in [1.165, 1.54) is 50.5 Å². The van der Waals surface area contributed by atoms with E-state index in [2.05, 4.69) is 67.1 Å². The van der Waals surface area contributed by atoms with E-state index in [4.69, 9.17) is 0 Å². The van der Waals surface area contributed by atoms with Gasteiger partial charge in [0.05, 0.1) is 10.7 Å². The van der Waals surface area contributed by atoms with Crippen LogP contribution in [0.25, 0.3) is 0 Å². The molecule has 0 N–H and O–H groups in total. The fourth-order valence-electron chi connectivity index (χ4n) is 4.16. The molecule has 0 spiro atoms. The van der Waals surface area contributed by atoms with Crippen molar-refractivity contribution in [2.24, 2.45) is 5.92 Å². The van der Waals surface area contributed by atoms with Crippen molar-refractivity contribution in [1.82, 2.24) is 0 Å². The van der Waals surface area contributed by atoms with Gasteiger partial charge in [0.2, 0.25) is 0 Å². The minimum Gasteiger partial charge on any atom is -0.112 e. The average Bonchev–Trinajstić information content (AvgIpc) is 3.00. The van der Waals surface area contributed by atoms with Crippen LogP contribution in [-0.2, 0) is 12.8 Å². The zero-order valence-electron chi connectivity index (χ0n) is 15.5. The zero-order chi connectivity index (χ0) is 16.9. The molecule has 0 aliphatic heterocycles. The Balaban J connectivity index is 1.78. The molecule has 130 valence electrons. The van der Waals surface area contributed by atoms with Gasteiger partial charge in [-0.15, -0.1) is 4.31 Å². The molecule has 0 bridgehead atoms. The normalized spacial score (nSPS) is 18.1. The maximum atomic E-state index is 2.48. The van der Waals surface area contributed by atoms with Crippen molar-refractivity contribution < 1.29 is 0 Å². The molecule has 1 nitrogen and oxygen atoms in total. The Hall–Kier alpha value is -1.12. The van der Waals surface area contributed by atoms with Gasteiger partial charge >= 0.3 is 0 Å². The van der Waals surface area contributed by atoms with Crippen molar-refractivity contribution in [3.8, 4) is 0 Å². The van der Waals surface area contributed by atoms with Gasteiger partial charge in [0.25, 0.3) is 0 Å². The second-order valence-corrected chi connectivity index (χ2v) is 9.77. The molecule has 2 heteroatoms. The lowest BCUT2D eigenvalue weighted by Crippen LogP contribution is -2.13. The van der Waals surface area contributed by atoms with E-state index >= 15 is 0 Å². The summed E-state index contributed by atoms with van der Waals surface area (Å²) in [7, 11) is 4.68. The Kier molecular flexibility index (Phi) is 6.13. The van der Waals surface area contributed by atoms with Crippen LogP contribution in [0, 0.1) is 5.92 Å². The van der Waals surface area contributed by atoms with E-state index in [1.54, 1.807) is 10.4 Å². The van der Waals surface area contributed by atoms with Crippen molar-refractivity contribution in [1.29, 1.82) is 0 Å². The Labute approximate surface area is 150 Å². The average molecular weight is 343 g/mol. The molecule has 0 radical (unpaired) electrons. The summed E-state index contributed by atoms with van der Waals surface area (Å²) in [5, 5.41) is 2.47. The van der Waals surface area contributed by atoms with Crippen molar-refractivity contribution in [3.05, 3.63) is 57.8 Å². The minimum atomic E-state index is 0.205. The lowest BCUT2D eigenvalue weighted by Gasteiger charge is -2.21. The summed E-state index contributed by atoms with van der Waals surface area (Å²) >= 11 is 0. The Morgan fingerprint density at radius 1 is 1.00 bits per heavy atom. The number of nitrogens with zero attached hydrogens (tertiary/aromatic N) is 1. The topological polar surface area (TPSA) is 3.24 Å². The maximum absolute atomic E-state index is 2.48. The van der Waals surface area contributed by atoms with Gasteiger partial charge in [0, 0.05) is 32.1 Å². The van der Waals surface area contributed by atoms with Gasteiger partial charge < -0.3 is 0 Å². The largest absolute Gasteiger partial charge is 0.175 e. The van der Waals surface area contributed by atoms with Crippen molar-refractivity contribution in [2.45, 2.75) is 57.8 Å². The Morgan fingerprint density at radius 2 is 1.71 bits per heavy atom. The first kappa shape index (κ1) is 17.7. The van der Waals surface area contributed by atoms with Crippen molar-refractivity contribution in [2.75, 3.05) is 18.4 Å². The molecule has 1 aliphatic rings. The van der Waals surface area contributed by atoms with E-state index in [1.807, 2.05) is 0 Å². The van der Waals surface area contributed by atoms with E-state index < -0.39 is 0 Å². The van der Waals surface area contributed by atoms with E-state index in [0.29, 0.717) is 5.92 Å². The van der Waals surface area contributed by atoms with Crippen molar-refractivity contribution >= 4 is 10.7 Å². The number of hydrogen-bond donors (Lipinski definition) is 0. The highest BCUT2D eigenvalue weighted by atomic mass is 32.2. The Morgan fingerprint density at radius 3 is 2.38 bits per heavy atom. The minimum absolute atomic E-state index is 0.205. The summed E-state index contributed by atoms with van der Waals surface area (Å²) in [5.41, 5.74) is 3.17. The Bertz CT molecular complexity index is 623. The molecule has 1 fully saturated rings. The highest BCUT2D eigenvalue weighted by Gasteiger charge is 2.29. The van der Waals surface area contributed by atoms with Crippen LogP contribution in [0.15, 0.2) is 41.8 Å². The number of benzene rings is 1. The highest BCUT2D eigenvalue weighted by Crippen LogP contribution is 2.41. The first-order valence-electron chi connectivity index (χ1n) is 9.51. The van der Waals surface area contributed by atoms with E-state index in [-0.39, 0.29) is 10.7 Å². The summed E-state index contributed by atoms with van der Waals surface area (Å²) < 4.78 is 2.41. The lowest BCUT2D eigenvalue weighted by molar-refractivity contribution is 0.440. The molecular formula is C22H32NS+. The smallest absolute Gasteiger partial charge is 0.112 e. The molecule has 1 aromatic carbocycles. The number of rotatable bonds is 6. The zero-order valence-corrected chi connectivity index (χ0v) is 16.3. The quantitative estimate of drug-likeness (QED) is 0.573. The van der Waals surface area contributed by atoms with Crippen LogP contribution in [-0.4, -0.2) is 14.1 Å². The van der Waals surface area contributed by atoms with Gasteiger partial charge in [0.1, 0.15) is 0 Å². The summed E-state index contributed by atoms with van der Waals surface area (Å²) in [6.07, 6.45) is 9.52. The molecule has 2 atom stereocenters. The van der Waals surface area contributed by atoms with Crippen LogP contribution in [0.2, 0.25) is 0 Å². The first-order valence-corrected chi connectivity index (χ1v) is 10.8. The fraction of sp³-hybridized carbons (Fsp3) is 0.545. The van der Waals surface area contributed by atoms with E-state index in [0.717, 1.165) is 5.92 Å². The molecule has 0 amide bonds. The van der Waals surface area contributed by atoms with Gasteiger partial charge in [-0.3, -0.25) is 0 Å². The van der Waals surface area contributed by atoms with Crippen LogP contribution in [0.1, 0.15) is 60.9 Å². The van der Waals surface area contributed by atoms with Gasteiger partial charge in [0.15, 0.2) is 10.3 Å². The fourth-order valence-corrected chi connectivity index (χ4v) is 6.22. The third kappa shape index (κ3) is 4.29. The predicted molar refractivity (Wildman–Crippen MR) is 108 cm³/mol. The summed E-state index contributed by atoms with van der Waals surface area (Å²) in [5.74, 6) is 1.53. The molecule has 1 saturated carbocycles. The number of thiophene rings is 1. The molecular weight excluding hydrogens is 310 g/mol. The van der Waals surface area contributed by atoms with Gasteiger partial charge in [-0.2, -0.15) is 0 Å². The summed E-state index contributed by atoms with van der Waals surface area (Å²) in [4.78, 5) is 1.73. The van der Waals surface area contributed by atoms with Crippen LogP contribution >= 0.6 is 10.7 Å². The standard InChI is InChI=1S/C22H32NS/c1-18(16-19-10-6-4-7-11-19)17-22-21(14-15-24(22)23(2)3)20-12-8-5-9-13-20/h4,6-7,10-11,14-15,18,20H,5,8-9,12-13,16-17H2,1-3H3/q+1. The molecule has 3 rings (SSSR count). The molecule has 2 aromatic rings. The summed E-state index contributed by atoms with van der Waals surface area (Å²) in [6.45, 7) is 2.42. The maximum Gasteiger partial charge on any atom is 0.175 e. The molecule has 2 unspecified atom stereocenters. The third-order valence-corrected chi connectivity index (χ3v) is 7.44. The molecule has 1 heterocycles. The van der Waals surface area contributed by atoms with Crippen LogP contribution < -0.4 is 4.31 Å². The van der Waals surface area contributed by atoms with E-state index in [9.17, 15) is 0 Å². The van der Waals surface area contributed by atoms with Gasteiger partial charge in [-0.25, -0.2) is 0 Å². The van der Waals surface area contributed by atoms with Crippen LogP contribution in [0.3, 0.4) is 0 Å². The second-order valence-electron chi connectivity index (χ2n) is 7.64. The molecule has 0 saturated heterocycles. The molecule has 1 aromatic heterocycles. The first-order chi connectivity index (χ1) is 11.6. The molecule has 24 heavy (non-hydrogen) atoms. The monoisotopic (exact) mass is 342 g/mol. The third-order valence-electron chi connectivity index (χ3n) is 5.35. The van der Waals surface area contributed by atoms with Crippen molar-refractivity contribution in [3.63, 3.8) is 0 Å². The van der Waals surface area contributed by atoms with Gasteiger partial charge in [-0.1, -0.05) is 56.5 Å². The van der Waals surface area contributed by atoms with Crippen LogP contribution in [0.5, 0.6) is 0 Å². The lowest BCUT2D eigenvalue weighted by atomic mass is 9.83. The second kappa shape index (κ2) is 8.31. The molecule has 1 aliphatic carbocycles. The predicted octanol–water partition coefficient (Wildman–Crippen LogP) is 6.10. The van der Waals surface area contributed by atoms with Crippen LogP contribution in [0.4, 0.5) is 0 Å². The highest BCUT2D eigenvalue weighted by molar-refractivity contribution is 7.32. The van der Waals surface area contributed by atoms with Gasteiger partial charge in [-0.05, 0) is 36.7 Å². The number of hydrogen-bond acceptors (Lipinski definition) is 1. The summed E-state index contributed by atoms with van der Waals surface area (Å²) in [6, 6.07) is 13.5. The SMILES string of the molecule is CC(Cc1ccccc1)Cc1c(C2CCCCC2)cc[s+]1N(C)C.